The predicted octanol–water partition coefficient (Wildman–Crippen LogP) is 2.40. The first-order valence-electron chi connectivity index (χ1n) is 7.49. The molecule has 1 aromatic carbocycles. The highest BCUT2D eigenvalue weighted by Gasteiger charge is 2.36. The van der Waals surface area contributed by atoms with E-state index in [2.05, 4.69) is 34.5 Å². The highest BCUT2D eigenvalue weighted by Crippen LogP contribution is 2.31. The second-order valence-electron chi connectivity index (χ2n) is 6.89. The Hall–Kier alpha value is -1.55. The van der Waals surface area contributed by atoms with Gasteiger partial charge in [0.2, 0.25) is 0 Å². The zero-order valence-electron chi connectivity index (χ0n) is 13.6. The van der Waals surface area contributed by atoms with Gasteiger partial charge in [0, 0.05) is 38.8 Å². The quantitative estimate of drug-likeness (QED) is 0.868. The number of carbonyl (C=O) groups excluding carboxylic acids is 1. The summed E-state index contributed by atoms with van der Waals surface area (Å²) in [5.41, 5.74) is 1.93. The molecule has 4 nitrogen and oxygen atoms in total. The first-order chi connectivity index (χ1) is 9.78. The molecule has 0 unspecified atom stereocenters. The number of carbonyl (C=O) groups is 1. The Balaban J connectivity index is 2.13. The normalized spacial score (nSPS) is 22.1. The number of rotatable bonds is 3. The average Bonchev–Trinajstić information content (AvgIpc) is 2.86. The largest absolute Gasteiger partial charge is 0.460 e. The van der Waals surface area contributed by atoms with Gasteiger partial charge in [-0.3, -0.25) is 4.79 Å². The molecule has 2 rings (SSSR count). The minimum absolute atomic E-state index is 0.102. The van der Waals surface area contributed by atoms with E-state index in [1.54, 1.807) is 0 Å². The van der Waals surface area contributed by atoms with Crippen molar-refractivity contribution in [3.05, 3.63) is 29.8 Å². The Morgan fingerprint density at radius 1 is 1.19 bits per heavy atom. The lowest BCUT2D eigenvalue weighted by molar-refractivity contribution is -0.159. The first kappa shape index (κ1) is 15.8. The molecule has 1 aliphatic rings. The van der Waals surface area contributed by atoms with Gasteiger partial charge < -0.3 is 15.0 Å². The zero-order valence-corrected chi connectivity index (χ0v) is 13.6. The Morgan fingerprint density at radius 2 is 1.81 bits per heavy atom. The zero-order chi connectivity index (χ0) is 15.6. The summed E-state index contributed by atoms with van der Waals surface area (Å²) in [7, 11) is 4.05. The van der Waals surface area contributed by atoms with E-state index in [-0.39, 0.29) is 17.8 Å². The summed E-state index contributed by atoms with van der Waals surface area (Å²) in [6.07, 6.45) is 0. The van der Waals surface area contributed by atoms with Gasteiger partial charge in [-0.25, -0.2) is 0 Å². The molecule has 0 radical (unpaired) electrons. The van der Waals surface area contributed by atoms with Crippen LogP contribution >= 0.6 is 0 Å². The van der Waals surface area contributed by atoms with Crippen LogP contribution in [0.25, 0.3) is 0 Å². The van der Waals surface area contributed by atoms with Gasteiger partial charge in [-0.05, 0) is 38.5 Å². The lowest BCUT2D eigenvalue weighted by Gasteiger charge is -2.25. The fraction of sp³-hybridized carbons (Fsp3) is 0.588. The van der Waals surface area contributed by atoms with Gasteiger partial charge >= 0.3 is 5.97 Å². The maximum Gasteiger partial charge on any atom is 0.311 e. The van der Waals surface area contributed by atoms with Gasteiger partial charge in [0.1, 0.15) is 5.60 Å². The van der Waals surface area contributed by atoms with Crippen molar-refractivity contribution in [1.29, 1.82) is 0 Å². The van der Waals surface area contributed by atoms with Crippen molar-refractivity contribution >= 4 is 11.7 Å². The highest BCUT2D eigenvalue weighted by molar-refractivity contribution is 5.75. The van der Waals surface area contributed by atoms with Gasteiger partial charge in [0.15, 0.2) is 0 Å². The molecule has 21 heavy (non-hydrogen) atoms. The number of ether oxygens (including phenoxy) is 1. The predicted molar refractivity (Wildman–Crippen MR) is 85.7 cm³/mol. The van der Waals surface area contributed by atoms with Crippen molar-refractivity contribution in [2.24, 2.45) is 5.92 Å². The molecule has 4 heteroatoms. The summed E-state index contributed by atoms with van der Waals surface area (Å²) in [4.78, 5) is 14.4. The van der Waals surface area contributed by atoms with E-state index < -0.39 is 5.60 Å². The topological polar surface area (TPSA) is 41.6 Å². The number of benzene rings is 1. The average molecular weight is 290 g/mol. The lowest BCUT2D eigenvalue weighted by Crippen LogP contribution is -2.31. The Labute approximate surface area is 127 Å². The van der Waals surface area contributed by atoms with Crippen LogP contribution in [-0.2, 0) is 9.53 Å². The molecule has 1 saturated heterocycles. The summed E-state index contributed by atoms with van der Waals surface area (Å²) in [5, 5.41) is 3.31. The van der Waals surface area contributed by atoms with E-state index in [1.807, 2.05) is 34.9 Å². The van der Waals surface area contributed by atoms with Gasteiger partial charge in [-0.15, -0.1) is 0 Å². The number of esters is 1. The molecule has 1 aliphatic heterocycles. The Morgan fingerprint density at radius 3 is 2.33 bits per heavy atom. The van der Waals surface area contributed by atoms with Gasteiger partial charge in [-0.2, -0.15) is 0 Å². The minimum atomic E-state index is -0.432. The van der Waals surface area contributed by atoms with Crippen molar-refractivity contribution in [1.82, 2.24) is 5.32 Å². The van der Waals surface area contributed by atoms with Gasteiger partial charge in [0.05, 0.1) is 5.92 Å². The molecule has 1 N–H and O–H groups in total. The summed E-state index contributed by atoms with van der Waals surface area (Å²) < 4.78 is 5.55. The SMILES string of the molecule is CN(C)c1ccc([C@@H]2CNC[C@H]2C(=O)OC(C)(C)C)cc1. The molecule has 116 valence electrons. The fourth-order valence-corrected chi connectivity index (χ4v) is 2.67. The van der Waals surface area contributed by atoms with E-state index in [0.717, 1.165) is 6.54 Å². The molecule has 0 saturated carbocycles. The van der Waals surface area contributed by atoms with Crippen LogP contribution < -0.4 is 10.2 Å². The lowest BCUT2D eigenvalue weighted by atomic mass is 9.88. The number of anilines is 1. The standard InChI is InChI=1S/C17H26N2O2/c1-17(2,3)21-16(20)15-11-18-10-14(15)12-6-8-13(9-7-12)19(4)5/h6-9,14-15,18H,10-11H2,1-5H3/t14-,15+/m0/s1. The Kier molecular flexibility index (Phi) is 4.57. The summed E-state index contributed by atoms with van der Waals surface area (Å²) >= 11 is 0. The third-order valence-electron chi connectivity index (χ3n) is 3.76. The van der Waals surface area contributed by atoms with Crippen molar-refractivity contribution in [2.75, 3.05) is 32.1 Å². The van der Waals surface area contributed by atoms with Crippen LogP contribution in [0.15, 0.2) is 24.3 Å². The Bertz CT molecular complexity index is 489. The van der Waals surface area contributed by atoms with E-state index in [1.165, 1.54) is 11.3 Å². The number of hydrogen-bond acceptors (Lipinski definition) is 4. The second-order valence-corrected chi connectivity index (χ2v) is 6.89. The maximum absolute atomic E-state index is 12.3. The van der Waals surface area contributed by atoms with E-state index in [9.17, 15) is 4.79 Å². The summed E-state index contributed by atoms with van der Waals surface area (Å²) in [6, 6.07) is 8.42. The van der Waals surface area contributed by atoms with Crippen molar-refractivity contribution in [2.45, 2.75) is 32.3 Å². The summed E-state index contributed by atoms with van der Waals surface area (Å²) in [5.74, 6) is -0.0142. The van der Waals surface area contributed by atoms with E-state index >= 15 is 0 Å². The van der Waals surface area contributed by atoms with Crippen LogP contribution in [0.4, 0.5) is 5.69 Å². The van der Waals surface area contributed by atoms with Crippen LogP contribution in [0, 0.1) is 5.92 Å². The van der Waals surface area contributed by atoms with E-state index in [0.29, 0.717) is 6.54 Å². The fourth-order valence-electron chi connectivity index (χ4n) is 2.67. The smallest absolute Gasteiger partial charge is 0.311 e. The van der Waals surface area contributed by atoms with Gasteiger partial charge in [-0.1, -0.05) is 12.1 Å². The second kappa shape index (κ2) is 6.06. The third-order valence-corrected chi connectivity index (χ3v) is 3.76. The van der Waals surface area contributed by atoms with Crippen LogP contribution in [0.1, 0.15) is 32.3 Å². The van der Waals surface area contributed by atoms with Crippen molar-refractivity contribution < 1.29 is 9.53 Å². The van der Waals surface area contributed by atoms with Crippen molar-refractivity contribution in [3.63, 3.8) is 0 Å². The molecule has 1 fully saturated rings. The van der Waals surface area contributed by atoms with E-state index in [4.69, 9.17) is 4.74 Å². The highest BCUT2D eigenvalue weighted by atomic mass is 16.6. The molecule has 1 aromatic rings. The number of nitrogens with zero attached hydrogens (tertiary/aromatic N) is 1. The van der Waals surface area contributed by atoms with Crippen LogP contribution in [0.2, 0.25) is 0 Å². The molecule has 0 bridgehead atoms. The molecular weight excluding hydrogens is 264 g/mol. The molecule has 0 spiro atoms. The monoisotopic (exact) mass is 290 g/mol. The summed E-state index contributed by atoms with van der Waals surface area (Å²) in [6.45, 7) is 7.25. The minimum Gasteiger partial charge on any atom is -0.460 e. The molecule has 1 heterocycles. The third kappa shape index (κ3) is 3.97. The van der Waals surface area contributed by atoms with Crippen LogP contribution in [0.5, 0.6) is 0 Å². The molecule has 0 aromatic heterocycles. The first-order valence-corrected chi connectivity index (χ1v) is 7.49. The van der Waals surface area contributed by atoms with Gasteiger partial charge in [0.25, 0.3) is 0 Å². The number of hydrogen-bond donors (Lipinski definition) is 1. The van der Waals surface area contributed by atoms with Crippen LogP contribution in [0.3, 0.4) is 0 Å². The molecule has 2 atom stereocenters. The molecular formula is C17H26N2O2. The van der Waals surface area contributed by atoms with Crippen LogP contribution in [-0.4, -0.2) is 38.8 Å². The maximum atomic E-state index is 12.3. The van der Waals surface area contributed by atoms with Crippen molar-refractivity contribution in [3.8, 4) is 0 Å². The molecule has 0 amide bonds. The number of nitrogens with one attached hydrogen (secondary N) is 1. The molecule has 0 aliphatic carbocycles.